The van der Waals surface area contributed by atoms with Gasteiger partial charge in [-0.15, -0.1) is 0 Å². The summed E-state index contributed by atoms with van der Waals surface area (Å²) in [6.07, 6.45) is 0.749. The second-order valence-corrected chi connectivity index (χ2v) is 5.43. The van der Waals surface area contributed by atoms with Crippen molar-refractivity contribution in [3.05, 3.63) is 28.5 Å². The van der Waals surface area contributed by atoms with Gasteiger partial charge in [-0.25, -0.2) is 4.98 Å². The van der Waals surface area contributed by atoms with Crippen LogP contribution in [0.5, 0.6) is 0 Å². The Morgan fingerprint density at radius 2 is 2.20 bits per heavy atom. The first-order chi connectivity index (χ1) is 6.94. The fraction of sp³-hybridized carbons (Fsp3) is 0.364. The Bertz CT molecular complexity index is 482. The molecule has 1 heterocycles. The summed E-state index contributed by atoms with van der Waals surface area (Å²) in [4.78, 5) is 7.75. The third kappa shape index (κ3) is 2.58. The number of fused-ring (bicyclic) bond motifs is 1. The zero-order valence-corrected chi connectivity index (χ0v) is 10.4. The molecule has 0 saturated heterocycles. The molecule has 0 aliphatic heterocycles. The van der Waals surface area contributed by atoms with E-state index in [4.69, 9.17) is 5.73 Å². The van der Waals surface area contributed by atoms with E-state index in [1.807, 2.05) is 32.0 Å². The van der Waals surface area contributed by atoms with Crippen LogP contribution in [0.4, 0.5) is 0 Å². The van der Waals surface area contributed by atoms with Crippen molar-refractivity contribution in [2.24, 2.45) is 5.73 Å². The molecule has 4 heteroatoms. The smallest absolute Gasteiger partial charge is 0.109 e. The number of aromatic nitrogens is 2. The van der Waals surface area contributed by atoms with Crippen molar-refractivity contribution in [3.8, 4) is 0 Å². The van der Waals surface area contributed by atoms with Gasteiger partial charge < -0.3 is 10.7 Å². The summed E-state index contributed by atoms with van der Waals surface area (Å²) in [5.74, 6) is 0.940. The third-order valence-corrected chi connectivity index (χ3v) is 2.61. The summed E-state index contributed by atoms with van der Waals surface area (Å²) in [7, 11) is 0. The van der Waals surface area contributed by atoms with Crippen LogP contribution >= 0.6 is 15.9 Å². The Balaban J connectivity index is 2.39. The van der Waals surface area contributed by atoms with E-state index in [0.717, 1.165) is 27.8 Å². The molecule has 0 saturated carbocycles. The Labute approximate surface area is 97.2 Å². The van der Waals surface area contributed by atoms with E-state index in [1.165, 1.54) is 0 Å². The standard InChI is InChI=1S/C11H14BrN3/c1-11(2,13)6-10-14-8-4-3-7(12)5-9(8)15-10/h3-5H,6,13H2,1-2H3,(H,14,15). The van der Waals surface area contributed by atoms with Crippen molar-refractivity contribution in [3.63, 3.8) is 0 Å². The summed E-state index contributed by atoms with van der Waals surface area (Å²) < 4.78 is 1.05. The molecule has 2 rings (SSSR count). The summed E-state index contributed by atoms with van der Waals surface area (Å²) in [5.41, 5.74) is 7.75. The topological polar surface area (TPSA) is 54.7 Å². The summed E-state index contributed by atoms with van der Waals surface area (Å²) in [5, 5.41) is 0. The maximum Gasteiger partial charge on any atom is 0.109 e. The fourth-order valence-corrected chi connectivity index (χ4v) is 1.91. The highest BCUT2D eigenvalue weighted by Gasteiger charge is 2.14. The number of nitrogens with two attached hydrogens (primary N) is 1. The highest BCUT2D eigenvalue weighted by atomic mass is 79.9. The molecule has 0 aliphatic rings. The Morgan fingerprint density at radius 3 is 2.87 bits per heavy atom. The van der Waals surface area contributed by atoms with Gasteiger partial charge in [-0.05, 0) is 32.0 Å². The first-order valence-electron chi connectivity index (χ1n) is 4.87. The number of H-pyrrole nitrogens is 1. The third-order valence-electron chi connectivity index (χ3n) is 2.12. The molecule has 0 atom stereocenters. The molecule has 0 radical (unpaired) electrons. The van der Waals surface area contributed by atoms with Crippen LogP contribution in [0.25, 0.3) is 11.0 Å². The number of nitrogens with zero attached hydrogens (tertiary/aromatic N) is 1. The average molecular weight is 268 g/mol. The molecule has 0 spiro atoms. The van der Waals surface area contributed by atoms with Crippen LogP contribution in [-0.4, -0.2) is 15.5 Å². The normalized spacial score (nSPS) is 12.3. The van der Waals surface area contributed by atoms with Gasteiger partial charge in [-0.3, -0.25) is 0 Å². The lowest BCUT2D eigenvalue weighted by atomic mass is 10.0. The minimum Gasteiger partial charge on any atom is -0.342 e. The molecule has 80 valence electrons. The molecule has 0 fully saturated rings. The average Bonchev–Trinajstić information content (AvgIpc) is 2.42. The molecule has 15 heavy (non-hydrogen) atoms. The minimum absolute atomic E-state index is 0.231. The lowest BCUT2D eigenvalue weighted by Gasteiger charge is -2.15. The van der Waals surface area contributed by atoms with E-state index < -0.39 is 0 Å². The number of benzene rings is 1. The zero-order valence-electron chi connectivity index (χ0n) is 8.84. The zero-order chi connectivity index (χ0) is 11.1. The van der Waals surface area contributed by atoms with Gasteiger partial charge in [-0.2, -0.15) is 0 Å². The predicted octanol–water partition coefficient (Wildman–Crippen LogP) is 2.61. The number of halogens is 1. The van der Waals surface area contributed by atoms with Gasteiger partial charge in [0.15, 0.2) is 0 Å². The van der Waals surface area contributed by atoms with Gasteiger partial charge in [0.1, 0.15) is 5.82 Å². The van der Waals surface area contributed by atoms with E-state index >= 15 is 0 Å². The molecule has 0 amide bonds. The fourth-order valence-electron chi connectivity index (χ4n) is 1.55. The van der Waals surface area contributed by atoms with Gasteiger partial charge in [-0.1, -0.05) is 15.9 Å². The van der Waals surface area contributed by atoms with Crippen LogP contribution in [0, 0.1) is 0 Å². The van der Waals surface area contributed by atoms with Crippen LogP contribution in [-0.2, 0) is 6.42 Å². The van der Waals surface area contributed by atoms with Gasteiger partial charge >= 0.3 is 0 Å². The van der Waals surface area contributed by atoms with Gasteiger partial charge in [0, 0.05) is 16.4 Å². The van der Waals surface area contributed by atoms with Crippen molar-refractivity contribution in [1.29, 1.82) is 0 Å². The monoisotopic (exact) mass is 267 g/mol. The van der Waals surface area contributed by atoms with Gasteiger partial charge in [0.25, 0.3) is 0 Å². The highest BCUT2D eigenvalue weighted by Crippen LogP contribution is 2.19. The lowest BCUT2D eigenvalue weighted by Crippen LogP contribution is -2.34. The number of nitrogens with one attached hydrogen (secondary N) is 1. The van der Waals surface area contributed by atoms with Crippen LogP contribution in [0.3, 0.4) is 0 Å². The molecule has 3 N–H and O–H groups in total. The van der Waals surface area contributed by atoms with Gasteiger partial charge in [0.2, 0.25) is 0 Å². The van der Waals surface area contributed by atoms with Crippen LogP contribution in [0.1, 0.15) is 19.7 Å². The number of aromatic amines is 1. The molecule has 1 aromatic heterocycles. The molecule has 0 unspecified atom stereocenters. The molecular weight excluding hydrogens is 254 g/mol. The molecule has 1 aromatic carbocycles. The maximum atomic E-state index is 5.95. The van der Waals surface area contributed by atoms with Crippen molar-refractivity contribution in [2.75, 3.05) is 0 Å². The van der Waals surface area contributed by atoms with Crippen LogP contribution in [0.15, 0.2) is 22.7 Å². The first-order valence-corrected chi connectivity index (χ1v) is 5.66. The second-order valence-electron chi connectivity index (χ2n) is 4.51. The molecule has 0 bridgehead atoms. The summed E-state index contributed by atoms with van der Waals surface area (Å²) in [6.45, 7) is 3.99. The Hall–Kier alpha value is -0.870. The quantitative estimate of drug-likeness (QED) is 0.879. The minimum atomic E-state index is -0.231. The second kappa shape index (κ2) is 3.61. The Morgan fingerprint density at radius 1 is 1.47 bits per heavy atom. The first kappa shape index (κ1) is 10.6. The van der Waals surface area contributed by atoms with Crippen LogP contribution in [0.2, 0.25) is 0 Å². The largest absolute Gasteiger partial charge is 0.342 e. The van der Waals surface area contributed by atoms with E-state index in [9.17, 15) is 0 Å². The van der Waals surface area contributed by atoms with E-state index in [-0.39, 0.29) is 5.54 Å². The summed E-state index contributed by atoms with van der Waals surface area (Å²) >= 11 is 3.43. The van der Waals surface area contributed by atoms with Gasteiger partial charge in [0.05, 0.1) is 11.0 Å². The highest BCUT2D eigenvalue weighted by molar-refractivity contribution is 9.10. The van der Waals surface area contributed by atoms with E-state index in [2.05, 4.69) is 25.9 Å². The van der Waals surface area contributed by atoms with Crippen LogP contribution < -0.4 is 5.73 Å². The van der Waals surface area contributed by atoms with Crippen molar-refractivity contribution in [2.45, 2.75) is 25.8 Å². The number of imidazole rings is 1. The van der Waals surface area contributed by atoms with E-state index in [0.29, 0.717) is 0 Å². The van der Waals surface area contributed by atoms with Crippen molar-refractivity contribution < 1.29 is 0 Å². The molecular formula is C11H14BrN3. The van der Waals surface area contributed by atoms with E-state index in [1.54, 1.807) is 0 Å². The molecule has 3 nitrogen and oxygen atoms in total. The molecule has 0 aliphatic carbocycles. The maximum absolute atomic E-state index is 5.95. The predicted molar refractivity (Wildman–Crippen MR) is 65.8 cm³/mol. The number of hydrogen-bond acceptors (Lipinski definition) is 2. The number of rotatable bonds is 2. The van der Waals surface area contributed by atoms with Crippen molar-refractivity contribution in [1.82, 2.24) is 9.97 Å². The Kier molecular flexibility index (Phi) is 2.56. The lowest BCUT2D eigenvalue weighted by molar-refractivity contribution is 0.505. The van der Waals surface area contributed by atoms with Crippen molar-refractivity contribution >= 4 is 27.0 Å². The molecule has 2 aromatic rings. The SMILES string of the molecule is CC(C)(N)Cc1nc2ccc(Br)cc2[nH]1. The summed E-state index contributed by atoms with van der Waals surface area (Å²) in [6, 6.07) is 6.00. The number of hydrogen-bond donors (Lipinski definition) is 2.